The summed E-state index contributed by atoms with van der Waals surface area (Å²) in [6.07, 6.45) is 0. The normalized spacial score (nSPS) is 10.9. The number of hydrogen-bond donors (Lipinski definition) is 1. The summed E-state index contributed by atoms with van der Waals surface area (Å²) in [4.78, 5) is 27.0. The van der Waals surface area contributed by atoms with E-state index in [9.17, 15) is 14.9 Å². The minimum atomic E-state index is -0.528. The molecule has 0 aliphatic heterocycles. The minimum Gasteiger partial charge on any atom is -0.497 e. The van der Waals surface area contributed by atoms with Crippen molar-refractivity contribution in [2.75, 3.05) is 12.4 Å². The van der Waals surface area contributed by atoms with E-state index < -0.39 is 10.8 Å². The first-order valence-electron chi connectivity index (χ1n) is 7.62. The van der Waals surface area contributed by atoms with Crippen molar-refractivity contribution in [3.63, 3.8) is 0 Å². The van der Waals surface area contributed by atoms with E-state index in [1.165, 1.54) is 23.5 Å². The highest BCUT2D eigenvalue weighted by Crippen LogP contribution is 2.32. The Morgan fingerprint density at radius 3 is 2.89 bits per heavy atom. The Hall–Kier alpha value is -3.24. The largest absolute Gasteiger partial charge is 0.497 e. The third-order valence-electron chi connectivity index (χ3n) is 3.70. The fourth-order valence-corrected chi connectivity index (χ4v) is 3.84. The number of hydrogen-bond acceptors (Lipinski definition) is 8. The van der Waals surface area contributed by atoms with Crippen molar-refractivity contribution in [1.29, 1.82) is 0 Å². The summed E-state index contributed by atoms with van der Waals surface area (Å²) in [6.45, 7) is 0. The van der Waals surface area contributed by atoms with Crippen LogP contribution in [0.1, 0.15) is 9.67 Å². The van der Waals surface area contributed by atoms with Gasteiger partial charge in [-0.15, -0.1) is 11.3 Å². The molecule has 1 amide bonds. The molecule has 8 nitrogen and oxygen atoms in total. The van der Waals surface area contributed by atoms with E-state index >= 15 is 0 Å². The number of methoxy groups -OCH3 is 1. The number of ether oxygens (including phenoxy) is 1. The molecule has 0 aliphatic carbocycles. The van der Waals surface area contributed by atoms with E-state index in [1.807, 2.05) is 24.3 Å². The molecule has 0 bridgehead atoms. The fraction of sp³-hybridized carbons (Fsp3) is 0.0588. The standard InChI is InChI=1S/C17H11N3O5S2/c1-24-10-2-3-12-9(6-10)7-13(25-12)11-8-26-17(18-11)19-16(21)14-4-5-15(27-14)20(22)23/h2-8H,1H3,(H,18,19,21). The van der Waals surface area contributed by atoms with Gasteiger partial charge in [-0.3, -0.25) is 20.2 Å². The molecular weight excluding hydrogens is 390 g/mol. The molecule has 0 saturated carbocycles. The molecule has 4 rings (SSSR count). The highest BCUT2D eigenvalue weighted by molar-refractivity contribution is 7.17. The van der Waals surface area contributed by atoms with Crippen LogP contribution in [0, 0.1) is 10.1 Å². The number of thiazole rings is 1. The van der Waals surface area contributed by atoms with Crippen LogP contribution in [0.4, 0.5) is 10.1 Å². The van der Waals surface area contributed by atoms with Gasteiger partial charge >= 0.3 is 5.00 Å². The maximum absolute atomic E-state index is 12.2. The second-order valence-electron chi connectivity index (χ2n) is 5.40. The summed E-state index contributed by atoms with van der Waals surface area (Å²) in [5.74, 6) is 0.858. The van der Waals surface area contributed by atoms with E-state index in [2.05, 4.69) is 10.3 Å². The van der Waals surface area contributed by atoms with E-state index in [0.717, 1.165) is 22.5 Å². The first kappa shape index (κ1) is 17.2. The van der Waals surface area contributed by atoms with Crippen molar-refractivity contribution in [2.24, 2.45) is 0 Å². The molecule has 0 unspecified atom stereocenters. The second-order valence-corrected chi connectivity index (χ2v) is 7.32. The van der Waals surface area contributed by atoms with E-state index in [4.69, 9.17) is 9.15 Å². The Morgan fingerprint density at radius 2 is 2.15 bits per heavy atom. The van der Waals surface area contributed by atoms with E-state index in [1.54, 1.807) is 12.5 Å². The molecule has 0 atom stereocenters. The van der Waals surface area contributed by atoms with Gasteiger partial charge in [-0.05, 0) is 30.3 Å². The van der Waals surface area contributed by atoms with Crippen molar-refractivity contribution in [3.05, 3.63) is 56.8 Å². The predicted molar refractivity (Wildman–Crippen MR) is 103 cm³/mol. The second kappa shape index (κ2) is 6.82. The quantitative estimate of drug-likeness (QED) is 0.381. The Morgan fingerprint density at radius 1 is 1.30 bits per heavy atom. The van der Waals surface area contributed by atoms with E-state index in [-0.39, 0.29) is 9.88 Å². The van der Waals surface area contributed by atoms with Crippen LogP contribution >= 0.6 is 22.7 Å². The molecule has 3 aromatic heterocycles. The fourth-order valence-electron chi connectivity index (χ4n) is 2.43. The van der Waals surface area contributed by atoms with Gasteiger partial charge in [0.05, 0.1) is 16.9 Å². The molecule has 1 N–H and O–H groups in total. The summed E-state index contributed by atoms with van der Waals surface area (Å²) in [7, 11) is 1.60. The Labute approximate surface area is 160 Å². The van der Waals surface area contributed by atoms with Gasteiger partial charge in [0.25, 0.3) is 5.91 Å². The summed E-state index contributed by atoms with van der Waals surface area (Å²) in [5.41, 5.74) is 1.29. The number of thiophene rings is 1. The van der Waals surface area contributed by atoms with Crippen molar-refractivity contribution < 1.29 is 18.9 Å². The van der Waals surface area contributed by atoms with Gasteiger partial charge < -0.3 is 9.15 Å². The van der Waals surface area contributed by atoms with Crippen LogP contribution in [-0.4, -0.2) is 22.9 Å². The number of carbonyl (C=O) groups excluding carboxylic acids is 1. The molecule has 0 spiro atoms. The lowest BCUT2D eigenvalue weighted by molar-refractivity contribution is -0.380. The van der Waals surface area contributed by atoms with Crippen molar-refractivity contribution >= 4 is 49.7 Å². The smallest absolute Gasteiger partial charge is 0.324 e. The summed E-state index contributed by atoms with van der Waals surface area (Å²) < 4.78 is 11.0. The average molecular weight is 401 g/mol. The number of amides is 1. The molecule has 0 fully saturated rings. The number of fused-ring (bicyclic) bond motifs is 1. The Balaban J connectivity index is 1.54. The lowest BCUT2D eigenvalue weighted by atomic mass is 10.2. The third-order valence-corrected chi connectivity index (χ3v) is 5.49. The average Bonchev–Trinajstić information content (AvgIpc) is 3.39. The first-order valence-corrected chi connectivity index (χ1v) is 9.32. The molecule has 10 heteroatoms. The monoisotopic (exact) mass is 401 g/mol. The zero-order chi connectivity index (χ0) is 19.0. The van der Waals surface area contributed by atoms with Crippen molar-refractivity contribution in [1.82, 2.24) is 4.98 Å². The van der Waals surface area contributed by atoms with Crippen molar-refractivity contribution in [3.8, 4) is 17.2 Å². The van der Waals surface area contributed by atoms with Gasteiger partial charge in [0.15, 0.2) is 10.9 Å². The number of rotatable bonds is 5. The number of anilines is 1. The number of benzene rings is 1. The number of carbonyl (C=O) groups is 1. The highest BCUT2D eigenvalue weighted by atomic mass is 32.1. The van der Waals surface area contributed by atoms with Gasteiger partial charge in [-0.2, -0.15) is 0 Å². The number of furan rings is 1. The minimum absolute atomic E-state index is 0.0855. The Kier molecular flexibility index (Phi) is 4.34. The van der Waals surface area contributed by atoms with Gasteiger partial charge in [-0.25, -0.2) is 4.98 Å². The molecule has 136 valence electrons. The summed E-state index contributed by atoms with van der Waals surface area (Å²) in [5, 5.41) is 16.3. The zero-order valence-electron chi connectivity index (χ0n) is 13.8. The molecule has 0 aliphatic rings. The van der Waals surface area contributed by atoms with Gasteiger partial charge in [0, 0.05) is 16.8 Å². The van der Waals surface area contributed by atoms with Crippen LogP contribution in [0.15, 0.2) is 46.2 Å². The first-order chi connectivity index (χ1) is 13.0. The van der Waals surface area contributed by atoms with Gasteiger partial charge in [-0.1, -0.05) is 11.3 Å². The topological polar surface area (TPSA) is 108 Å². The van der Waals surface area contributed by atoms with Crippen LogP contribution in [0.25, 0.3) is 22.4 Å². The predicted octanol–water partition coefficient (Wildman–Crippen LogP) is 4.79. The number of nitro groups is 1. The molecule has 4 aromatic rings. The zero-order valence-corrected chi connectivity index (χ0v) is 15.4. The maximum atomic E-state index is 12.2. The lowest BCUT2D eigenvalue weighted by Gasteiger charge is -1.97. The molecule has 1 aromatic carbocycles. The molecule has 27 heavy (non-hydrogen) atoms. The molecule has 3 heterocycles. The SMILES string of the molecule is COc1ccc2oc(-c3csc(NC(=O)c4ccc([N+](=O)[O-])s4)n3)cc2c1. The number of nitrogens with one attached hydrogen (secondary N) is 1. The third kappa shape index (κ3) is 3.39. The summed E-state index contributed by atoms with van der Waals surface area (Å²) >= 11 is 2.05. The van der Waals surface area contributed by atoms with E-state index in [0.29, 0.717) is 22.2 Å². The van der Waals surface area contributed by atoms with Crippen LogP contribution in [0.2, 0.25) is 0 Å². The number of aromatic nitrogens is 1. The van der Waals surface area contributed by atoms with Gasteiger partial charge in [0.2, 0.25) is 0 Å². The maximum Gasteiger partial charge on any atom is 0.324 e. The lowest BCUT2D eigenvalue weighted by Crippen LogP contribution is -2.09. The number of nitrogens with zero attached hydrogens (tertiary/aromatic N) is 2. The summed E-state index contributed by atoms with van der Waals surface area (Å²) in [6, 6.07) is 10.1. The Bertz CT molecular complexity index is 1160. The molecular formula is C17H11N3O5S2. The van der Waals surface area contributed by atoms with Crippen molar-refractivity contribution in [2.45, 2.75) is 0 Å². The van der Waals surface area contributed by atoms with Gasteiger partial charge in [0.1, 0.15) is 17.0 Å². The molecule has 0 saturated heterocycles. The van der Waals surface area contributed by atoms with Crippen LogP contribution in [0.3, 0.4) is 0 Å². The van der Waals surface area contributed by atoms with Crippen LogP contribution < -0.4 is 10.1 Å². The highest BCUT2D eigenvalue weighted by Gasteiger charge is 2.17. The van der Waals surface area contributed by atoms with Crippen LogP contribution in [-0.2, 0) is 0 Å². The molecule has 0 radical (unpaired) electrons. The van der Waals surface area contributed by atoms with Crippen LogP contribution in [0.5, 0.6) is 5.75 Å².